The fraction of sp³-hybridized carbons (Fsp3) is 0.0476. The van der Waals surface area contributed by atoms with Crippen molar-refractivity contribution in [3.8, 4) is 23.4 Å². The predicted molar refractivity (Wildman–Crippen MR) is 111 cm³/mol. The van der Waals surface area contributed by atoms with Gasteiger partial charge in [-0.1, -0.05) is 24.3 Å². The summed E-state index contributed by atoms with van der Waals surface area (Å²) < 4.78 is 27.1. The molecule has 1 atom stereocenters. The van der Waals surface area contributed by atoms with Gasteiger partial charge in [-0.2, -0.15) is 10.5 Å². The Morgan fingerprint density at radius 2 is 1.68 bits per heavy atom. The van der Waals surface area contributed by atoms with E-state index < -0.39 is 17.7 Å². The molecule has 8 nitrogen and oxygen atoms in total. The molecule has 0 aliphatic carbocycles. The molecule has 0 radical (unpaired) electrons. The molecule has 2 heterocycles. The SMILES string of the molecule is N#CNC1=NC(c2ccc(-c3cc(F)cc(F)c3)cc2)c2c(nc(N)c(C#N)c2N)N1. The van der Waals surface area contributed by atoms with Crippen molar-refractivity contribution in [1.82, 2.24) is 10.3 Å². The van der Waals surface area contributed by atoms with Crippen LogP contribution in [0.2, 0.25) is 0 Å². The third kappa shape index (κ3) is 3.54. The van der Waals surface area contributed by atoms with Gasteiger partial charge in [0.2, 0.25) is 5.96 Å². The monoisotopic (exact) mass is 416 g/mol. The van der Waals surface area contributed by atoms with E-state index in [9.17, 15) is 14.0 Å². The largest absolute Gasteiger partial charge is 0.397 e. The number of fused-ring (bicyclic) bond motifs is 1. The van der Waals surface area contributed by atoms with Crippen LogP contribution >= 0.6 is 0 Å². The first kappa shape index (κ1) is 19.6. The van der Waals surface area contributed by atoms with E-state index in [1.54, 1.807) is 30.5 Å². The summed E-state index contributed by atoms with van der Waals surface area (Å²) >= 11 is 0. The van der Waals surface area contributed by atoms with E-state index in [4.69, 9.17) is 16.7 Å². The Balaban J connectivity index is 1.82. The summed E-state index contributed by atoms with van der Waals surface area (Å²) in [7, 11) is 0. The summed E-state index contributed by atoms with van der Waals surface area (Å²) in [5, 5.41) is 23.6. The number of halogens is 2. The number of rotatable bonds is 2. The zero-order chi connectivity index (χ0) is 22.1. The third-order valence-corrected chi connectivity index (χ3v) is 4.78. The van der Waals surface area contributed by atoms with Crippen LogP contribution in [0.4, 0.5) is 26.1 Å². The number of aromatic nitrogens is 1. The van der Waals surface area contributed by atoms with Crippen LogP contribution in [0.5, 0.6) is 0 Å². The van der Waals surface area contributed by atoms with E-state index in [2.05, 4.69) is 20.6 Å². The molecule has 0 amide bonds. The molecule has 4 rings (SSSR count). The summed E-state index contributed by atoms with van der Waals surface area (Å²) in [4.78, 5) is 8.65. The number of hydrogen-bond donors (Lipinski definition) is 4. The van der Waals surface area contributed by atoms with Gasteiger partial charge in [-0.3, -0.25) is 5.32 Å². The topological polar surface area (TPSA) is 149 Å². The van der Waals surface area contributed by atoms with E-state index in [0.29, 0.717) is 22.3 Å². The second-order valence-electron chi connectivity index (χ2n) is 6.68. The van der Waals surface area contributed by atoms with Crippen LogP contribution in [0, 0.1) is 34.4 Å². The number of nitrogens with zero attached hydrogens (tertiary/aromatic N) is 4. The van der Waals surface area contributed by atoms with Gasteiger partial charge in [-0.15, -0.1) is 0 Å². The van der Waals surface area contributed by atoms with Gasteiger partial charge >= 0.3 is 0 Å². The van der Waals surface area contributed by atoms with Gasteiger partial charge in [-0.05, 0) is 28.8 Å². The van der Waals surface area contributed by atoms with Crippen molar-refractivity contribution in [2.45, 2.75) is 6.04 Å². The van der Waals surface area contributed by atoms with Crippen LogP contribution in [-0.2, 0) is 0 Å². The Morgan fingerprint density at radius 3 is 2.29 bits per heavy atom. The second kappa shape index (κ2) is 7.61. The maximum atomic E-state index is 13.6. The number of guanidine groups is 1. The lowest BCUT2D eigenvalue weighted by molar-refractivity contribution is 0.584. The number of anilines is 3. The third-order valence-electron chi connectivity index (χ3n) is 4.78. The Morgan fingerprint density at radius 1 is 1.00 bits per heavy atom. The van der Waals surface area contributed by atoms with Crippen LogP contribution in [-0.4, -0.2) is 10.9 Å². The number of hydrogen-bond acceptors (Lipinski definition) is 8. The summed E-state index contributed by atoms with van der Waals surface area (Å²) in [6.07, 6.45) is 1.78. The molecule has 10 heteroatoms. The van der Waals surface area contributed by atoms with Gasteiger partial charge in [0, 0.05) is 11.6 Å². The molecule has 31 heavy (non-hydrogen) atoms. The number of nitrogen functional groups attached to an aromatic ring is 2. The summed E-state index contributed by atoms with van der Waals surface area (Å²) in [6, 6.07) is 11.3. The molecule has 0 bridgehead atoms. The molecule has 6 N–H and O–H groups in total. The minimum Gasteiger partial charge on any atom is -0.397 e. The Bertz CT molecular complexity index is 1280. The molecule has 3 aromatic rings. The quantitative estimate of drug-likeness (QED) is 0.370. The van der Waals surface area contributed by atoms with Crippen molar-refractivity contribution in [2.24, 2.45) is 4.99 Å². The second-order valence-corrected chi connectivity index (χ2v) is 6.68. The number of nitriles is 2. The molecular weight excluding hydrogens is 402 g/mol. The average molecular weight is 416 g/mol. The number of benzene rings is 2. The van der Waals surface area contributed by atoms with Crippen LogP contribution in [0.1, 0.15) is 22.7 Å². The van der Waals surface area contributed by atoms with Gasteiger partial charge in [0.05, 0.1) is 5.69 Å². The van der Waals surface area contributed by atoms with E-state index in [0.717, 1.165) is 6.07 Å². The smallest absolute Gasteiger partial charge is 0.211 e. The number of nitrogens with two attached hydrogens (primary N) is 2. The molecule has 0 saturated carbocycles. The standard InChI is InChI=1S/C21H14F2N8/c22-13-5-12(6-14(23)7-13)10-1-3-11(4-2-10)18-16-17(26)15(8-24)19(27)30-20(16)31-21(29-18)28-9-25/h1-7,18H,(H6,26,27,28,29,30,31). The lowest BCUT2D eigenvalue weighted by Gasteiger charge is -2.26. The molecule has 1 aromatic heterocycles. The van der Waals surface area contributed by atoms with Crippen LogP contribution in [0.25, 0.3) is 11.1 Å². The highest BCUT2D eigenvalue weighted by Gasteiger charge is 2.29. The fourth-order valence-corrected chi connectivity index (χ4v) is 3.40. The average Bonchev–Trinajstić information content (AvgIpc) is 2.73. The Labute approximate surface area is 175 Å². The normalized spacial score (nSPS) is 14.5. The molecule has 0 saturated heterocycles. The van der Waals surface area contributed by atoms with Gasteiger partial charge in [0.1, 0.15) is 40.9 Å². The van der Waals surface area contributed by atoms with Gasteiger partial charge in [-0.25, -0.2) is 18.8 Å². The van der Waals surface area contributed by atoms with E-state index in [1.165, 1.54) is 12.1 Å². The molecular formula is C21H14F2N8. The molecule has 1 aliphatic heterocycles. The number of aliphatic imine (C=N–C) groups is 1. The highest BCUT2D eigenvalue weighted by molar-refractivity contribution is 5.98. The predicted octanol–water partition coefficient (Wildman–Crippen LogP) is 3.00. The fourth-order valence-electron chi connectivity index (χ4n) is 3.40. The van der Waals surface area contributed by atoms with Crippen molar-refractivity contribution in [3.63, 3.8) is 0 Å². The van der Waals surface area contributed by atoms with Crippen LogP contribution in [0.15, 0.2) is 47.5 Å². The first-order chi connectivity index (χ1) is 14.9. The first-order valence-corrected chi connectivity index (χ1v) is 8.96. The van der Waals surface area contributed by atoms with E-state index in [-0.39, 0.29) is 28.8 Å². The lowest BCUT2D eigenvalue weighted by atomic mass is 9.93. The summed E-state index contributed by atoms with van der Waals surface area (Å²) in [6.45, 7) is 0. The highest BCUT2D eigenvalue weighted by atomic mass is 19.1. The minimum atomic E-state index is -0.703. The van der Waals surface area contributed by atoms with Crippen molar-refractivity contribution in [2.75, 3.05) is 16.8 Å². The number of pyridine rings is 1. The van der Waals surface area contributed by atoms with Gasteiger partial charge in [0.15, 0.2) is 6.19 Å². The molecule has 0 fully saturated rings. The van der Waals surface area contributed by atoms with Gasteiger partial charge in [0.25, 0.3) is 0 Å². The molecule has 1 aliphatic rings. The van der Waals surface area contributed by atoms with Crippen molar-refractivity contribution in [1.29, 1.82) is 10.5 Å². The van der Waals surface area contributed by atoms with E-state index in [1.807, 2.05) is 6.07 Å². The van der Waals surface area contributed by atoms with Crippen molar-refractivity contribution < 1.29 is 8.78 Å². The zero-order valence-corrected chi connectivity index (χ0v) is 15.8. The van der Waals surface area contributed by atoms with Crippen molar-refractivity contribution in [3.05, 3.63) is 70.8 Å². The molecule has 152 valence electrons. The lowest BCUT2D eigenvalue weighted by Crippen LogP contribution is -2.32. The maximum Gasteiger partial charge on any atom is 0.211 e. The molecule has 1 unspecified atom stereocenters. The minimum absolute atomic E-state index is 0.0318. The summed E-state index contributed by atoms with van der Waals surface area (Å²) in [5.74, 6) is -1.01. The molecule has 0 spiro atoms. The highest BCUT2D eigenvalue weighted by Crippen LogP contribution is 2.40. The zero-order valence-electron chi connectivity index (χ0n) is 15.8. The first-order valence-electron chi connectivity index (χ1n) is 8.96. The Kier molecular flexibility index (Phi) is 4.82. The van der Waals surface area contributed by atoms with E-state index >= 15 is 0 Å². The Hall–Kier alpha value is -4.70. The van der Waals surface area contributed by atoms with Gasteiger partial charge < -0.3 is 16.8 Å². The van der Waals surface area contributed by atoms with Crippen LogP contribution in [0.3, 0.4) is 0 Å². The molecule has 2 aromatic carbocycles. The summed E-state index contributed by atoms with van der Waals surface area (Å²) in [5.41, 5.74) is 14.2. The van der Waals surface area contributed by atoms with Crippen molar-refractivity contribution >= 4 is 23.3 Å². The van der Waals surface area contributed by atoms with Crippen LogP contribution < -0.4 is 22.1 Å². The number of nitrogens with one attached hydrogen (secondary N) is 2. The maximum absolute atomic E-state index is 13.6.